The van der Waals surface area contributed by atoms with Gasteiger partial charge in [0.25, 0.3) is 5.91 Å². The van der Waals surface area contributed by atoms with Crippen molar-refractivity contribution in [1.82, 2.24) is 20.6 Å². The zero-order valence-corrected chi connectivity index (χ0v) is 10.3. The maximum Gasteiger partial charge on any atom is 0.292 e. The second-order valence-electron chi connectivity index (χ2n) is 4.34. The minimum atomic E-state index is -0.286. The Morgan fingerprint density at radius 3 is 3.21 bits per heavy atom. The van der Waals surface area contributed by atoms with Crippen molar-refractivity contribution in [2.24, 2.45) is 5.10 Å². The van der Waals surface area contributed by atoms with Crippen LogP contribution in [0.2, 0.25) is 0 Å². The molecular formula is C13H13N5O. The molecule has 19 heavy (non-hydrogen) atoms. The Bertz CT molecular complexity index is 617. The highest BCUT2D eigenvalue weighted by Gasteiger charge is 2.22. The Morgan fingerprint density at radius 2 is 2.37 bits per heavy atom. The number of nitrogens with one attached hydrogen (secondary N) is 2. The van der Waals surface area contributed by atoms with Gasteiger partial charge in [0.1, 0.15) is 0 Å². The molecule has 2 heterocycles. The standard InChI is InChI=1S/C13H13N5O/c19-13(12-10-5-3-6-11(10)16-17-12)18-15-8-9-4-1-2-7-14-9/h1-2,4,7-8H,3,5-6H2,(H,16,17)(H,18,19)/b15-8-. The van der Waals surface area contributed by atoms with Gasteiger partial charge >= 0.3 is 0 Å². The Kier molecular flexibility index (Phi) is 3.06. The van der Waals surface area contributed by atoms with E-state index in [2.05, 4.69) is 25.7 Å². The molecule has 2 aromatic heterocycles. The number of aromatic nitrogens is 3. The van der Waals surface area contributed by atoms with E-state index >= 15 is 0 Å². The van der Waals surface area contributed by atoms with Crippen molar-refractivity contribution in [2.45, 2.75) is 19.3 Å². The molecule has 0 radical (unpaired) electrons. The Morgan fingerprint density at radius 1 is 1.42 bits per heavy atom. The third-order valence-corrected chi connectivity index (χ3v) is 3.07. The fourth-order valence-corrected chi connectivity index (χ4v) is 2.17. The van der Waals surface area contributed by atoms with Crippen LogP contribution in [0.4, 0.5) is 0 Å². The van der Waals surface area contributed by atoms with E-state index in [9.17, 15) is 4.79 Å². The van der Waals surface area contributed by atoms with Crippen molar-refractivity contribution in [3.05, 3.63) is 47.0 Å². The molecule has 0 unspecified atom stereocenters. The zero-order valence-electron chi connectivity index (χ0n) is 10.3. The summed E-state index contributed by atoms with van der Waals surface area (Å²) in [5.74, 6) is -0.286. The number of hydrogen-bond acceptors (Lipinski definition) is 4. The smallest absolute Gasteiger partial charge is 0.281 e. The predicted molar refractivity (Wildman–Crippen MR) is 69.9 cm³/mol. The van der Waals surface area contributed by atoms with Gasteiger partial charge in [0.15, 0.2) is 5.69 Å². The Balaban J connectivity index is 1.67. The van der Waals surface area contributed by atoms with E-state index in [0.717, 1.165) is 30.5 Å². The third kappa shape index (κ3) is 2.37. The van der Waals surface area contributed by atoms with Gasteiger partial charge in [0, 0.05) is 17.5 Å². The lowest BCUT2D eigenvalue weighted by atomic mass is 10.2. The fourth-order valence-electron chi connectivity index (χ4n) is 2.17. The van der Waals surface area contributed by atoms with E-state index in [0.29, 0.717) is 11.4 Å². The van der Waals surface area contributed by atoms with Crippen LogP contribution in [-0.2, 0) is 12.8 Å². The van der Waals surface area contributed by atoms with Crippen molar-refractivity contribution >= 4 is 12.1 Å². The lowest BCUT2D eigenvalue weighted by Crippen LogP contribution is -2.19. The number of fused-ring (bicyclic) bond motifs is 1. The van der Waals surface area contributed by atoms with Crippen LogP contribution < -0.4 is 5.43 Å². The average molecular weight is 255 g/mol. The van der Waals surface area contributed by atoms with Gasteiger partial charge in [-0.15, -0.1) is 0 Å². The van der Waals surface area contributed by atoms with Crippen molar-refractivity contribution in [2.75, 3.05) is 0 Å². The van der Waals surface area contributed by atoms with E-state index in [4.69, 9.17) is 0 Å². The number of H-pyrrole nitrogens is 1. The summed E-state index contributed by atoms with van der Waals surface area (Å²) in [6, 6.07) is 5.49. The number of aromatic amines is 1. The van der Waals surface area contributed by atoms with Crippen molar-refractivity contribution in [3.63, 3.8) is 0 Å². The van der Waals surface area contributed by atoms with Gasteiger partial charge < -0.3 is 0 Å². The summed E-state index contributed by atoms with van der Waals surface area (Å²) < 4.78 is 0. The summed E-state index contributed by atoms with van der Waals surface area (Å²) in [5, 5.41) is 10.8. The van der Waals surface area contributed by atoms with Gasteiger partial charge in [-0.1, -0.05) is 6.07 Å². The Labute approximate surface area is 110 Å². The molecule has 2 aromatic rings. The number of rotatable bonds is 3. The second-order valence-corrected chi connectivity index (χ2v) is 4.34. The lowest BCUT2D eigenvalue weighted by Gasteiger charge is -1.97. The maximum absolute atomic E-state index is 11.9. The van der Waals surface area contributed by atoms with Gasteiger partial charge in [0.05, 0.1) is 11.9 Å². The van der Waals surface area contributed by atoms with Gasteiger partial charge in [0.2, 0.25) is 0 Å². The summed E-state index contributed by atoms with van der Waals surface area (Å²) in [4.78, 5) is 16.0. The van der Waals surface area contributed by atoms with Crippen LogP contribution >= 0.6 is 0 Å². The minimum absolute atomic E-state index is 0.286. The number of carbonyl (C=O) groups excluding carboxylic acids is 1. The maximum atomic E-state index is 11.9. The number of amides is 1. The van der Waals surface area contributed by atoms with Gasteiger partial charge in [-0.3, -0.25) is 14.9 Å². The molecule has 0 spiro atoms. The van der Waals surface area contributed by atoms with Crippen LogP contribution in [0.15, 0.2) is 29.5 Å². The SMILES string of the molecule is O=C(N/N=C\c1ccccn1)c1n[nH]c2c1CCC2. The third-order valence-electron chi connectivity index (χ3n) is 3.07. The number of hydrogen-bond donors (Lipinski definition) is 2. The highest BCUT2D eigenvalue weighted by Crippen LogP contribution is 2.22. The van der Waals surface area contributed by atoms with Crippen LogP contribution in [-0.4, -0.2) is 27.3 Å². The number of nitrogens with zero attached hydrogens (tertiary/aromatic N) is 3. The summed E-state index contributed by atoms with van der Waals surface area (Å²) >= 11 is 0. The van der Waals surface area contributed by atoms with E-state index in [1.54, 1.807) is 6.20 Å². The van der Waals surface area contributed by atoms with Crippen LogP contribution in [0.1, 0.15) is 33.9 Å². The van der Waals surface area contributed by atoms with Gasteiger partial charge in [-0.2, -0.15) is 10.2 Å². The molecule has 6 heteroatoms. The molecule has 0 atom stereocenters. The number of pyridine rings is 1. The second kappa shape index (κ2) is 5.01. The summed E-state index contributed by atoms with van der Waals surface area (Å²) in [6.45, 7) is 0. The van der Waals surface area contributed by atoms with Crippen molar-refractivity contribution in [3.8, 4) is 0 Å². The molecule has 1 aliphatic carbocycles. The fraction of sp³-hybridized carbons (Fsp3) is 0.231. The minimum Gasteiger partial charge on any atom is -0.281 e. The van der Waals surface area contributed by atoms with E-state index in [-0.39, 0.29) is 5.91 Å². The molecule has 1 aliphatic rings. The molecule has 3 rings (SSSR count). The molecule has 0 fully saturated rings. The highest BCUT2D eigenvalue weighted by molar-refractivity contribution is 5.94. The first kappa shape index (κ1) is 11.6. The highest BCUT2D eigenvalue weighted by atomic mass is 16.2. The number of hydrazone groups is 1. The van der Waals surface area contributed by atoms with E-state index in [1.165, 1.54) is 6.21 Å². The first-order chi connectivity index (χ1) is 9.34. The number of aryl methyl sites for hydroxylation is 1. The summed E-state index contributed by atoms with van der Waals surface area (Å²) in [6.07, 6.45) is 6.11. The first-order valence-electron chi connectivity index (χ1n) is 6.15. The molecule has 0 saturated heterocycles. The largest absolute Gasteiger partial charge is 0.292 e. The molecule has 1 amide bonds. The average Bonchev–Trinajstić information content (AvgIpc) is 3.02. The molecule has 0 saturated carbocycles. The van der Waals surface area contributed by atoms with E-state index in [1.807, 2.05) is 18.2 Å². The molecule has 6 nitrogen and oxygen atoms in total. The zero-order chi connectivity index (χ0) is 13.1. The molecule has 0 bridgehead atoms. The summed E-state index contributed by atoms with van der Waals surface area (Å²) in [7, 11) is 0. The first-order valence-corrected chi connectivity index (χ1v) is 6.15. The van der Waals surface area contributed by atoms with Crippen molar-refractivity contribution < 1.29 is 4.79 Å². The molecule has 0 aromatic carbocycles. The molecule has 0 aliphatic heterocycles. The topological polar surface area (TPSA) is 83.0 Å². The normalized spacial score (nSPS) is 13.7. The number of carbonyl (C=O) groups is 1. The summed E-state index contributed by atoms with van der Waals surface area (Å²) in [5.41, 5.74) is 5.70. The van der Waals surface area contributed by atoms with Crippen LogP contribution in [0.3, 0.4) is 0 Å². The van der Waals surface area contributed by atoms with E-state index < -0.39 is 0 Å². The lowest BCUT2D eigenvalue weighted by molar-refractivity contribution is 0.0949. The molecule has 2 N–H and O–H groups in total. The quantitative estimate of drug-likeness (QED) is 0.635. The molecule has 96 valence electrons. The van der Waals surface area contributed by atoms with Crippen LogP contribution in [0.25, 0.3) is 0 Å². The van der Waals surface area contributed by atoms with Crippen molar-refractivity contribution in [1.29, 1.82) is 0 Å². The van der Waals surface area contributed by atoms with Crippen LogP contribution in [0.5, 0.6) is 0 Å². The van der Waals surface area contributed by atoms with Gasteiger partial charge in [-0.25, -0.2) is 5.43 Å². The monoisotopic (exact) mass is 255 g/mol. The van der Waals surface area contributed by atoms with Gasteiger partial charge in [-0.05, 0) is 31.4 Å². The predicted octanol–water partition coefficient (Wildman–Crippen LogP) is 1.06. The Hall–Kier alpha value is -2.50. The van der Waals surface area contributed by atoms with Crippen LogP contribution in [0, 0.1) is 0 Å². The molecular weight excluding hydrogens is 242 g/mol.